The van der Waals surface area contributed by atoms with Gasteiger partial charge in [0, 0.05) is 5.03 Å². The first kappa shape index (κ1) is 14.7. The van der Waals surface area contributed by atoms with Crippen LogP contribution in [-0.2, 0) is 0 Å². The average Bonchev–Trinajstić information content (AvgIpc) is 2.37. The zero-order valence-electron chi connectivity index (χ0n) is 12.0. The standard InChI is InChI=1S/C17H22BCl/c1-12(2)16-10-7-14(11-17(16)18)4-3-13-5-8-15(19)9-6-13/h5,8,11-12H,3-4,6-7,9-10H2,1-2H3. The molecule has 0 bridgehead atoms. The van der Waals surface area contributed by atoms with Gasteiger partial charge in [0.05, 0.1) is 0 Å². The molecular weight excluding hydrogens is 250 g/mol. The van der Waals surface area contributed by atoms with E-state index in [1.165, 1.54) is 23.1 Å². The molecule has 19 heavy (non-hydrogen) atoms. The van der Waals surface area contributed by atoms with Gasteiger partial charge in [0.25, 0.3) is 0 Å². The highest BCUT2D eigenvalue weighted by Crippen LogP contribution is 2.31. The Kier molecular flexibility index (Phi) is 5.16. The van der Waals surface area contributed by atoms with Gasteiger partial charge in [-0.1, -0.05) is 59.8 Å². The van der Waals surface area contributed by atoms with E-state index in [9.17, 15) is 0 Å². The molecule has 0 aliphatic heterocycles. The van der Waals surface area contributed by atoms with Crippen molar-refractivity contribution in [3.05, 3.63) is 45.5 Å². The van der Waals surface area contributed by atoms with Crippen LogP contribution in [0.25, 0.3) is 0 Å². The van der Waals surface area contributed by atoms with Crippen LogP contribution < -0.4 is 0 Å². The van der Waals surface area contributed by atoms with Crippen molar-refractivity contribution in [2.45, 2.75) is 52.4 Å². The highest BCUT2D eigenvalue weighted by Gasteiger charge is 2.13. The molecule has 100 valence electrons. The van der Waals surface area contributed by atoms with Crippen LogP contribution in [0.2, 0.25) is 0 Å². The SMILES string of the molecule is [B]C1=C(C(C)C)CCC(CCC2=CC=C(Cl)CC2)=C1. The fourth-order valence-electron chi connectivity index (χ4n) is 2.83. The zero-order valence-corrected chi connectivity index (χ0v) is 12.8. The van der Waals surface area contributed by atoms with E-state index in [-0.39, 0.29) is 0 Å². The Hall–Kier alpha value is -0.685. The molecule has 0 amide bonds. The lowest BCUT2D eigenvalue weighted by molar-refractivity contribution is 0.682. The van der Waals surface area contributed by atoms with Crippen molar-refractivity contribution < 1.29 is 0 Å². The molecule has 0 aromatic carbocycles. The van der Waals surface area contributed by atoms with Crippen molar-refractivity contribution in [3.8, 4) is 0 Å². The topological polar surface area (TPSA) is 0 Å². The third-order valence-corrected chi connectivity index (χ3v) is 4.41. The van der Waals surface area contributed by atoms with Crippen LogP contribution in [0.3, 0.4) is 0 Å². The van der Waals surface area contributed by atoms with E-state index >= 15 is 0 Å². The molecule has 0 heterocycles. The van der Waals surface area contributed by atoms with Gasteiger partial charge in [-0.15, -0.1) is 0 Å². The van der Waals surface area contributed by atoms with Crippen molar-refractivity contribution >= 4 is 19.4 Å². The highest BCUT2D eigenvalue weighted by atomic mass is 35.5. The van der Waals surface area contributed by atoms with Gasteiger partial charge in [-0.2, -0.15) is 0 Å². The van der Waals surface area contributed by atoms with Gasteiger partial charge in [-0.3, -0.25) is 0 Å². The zero-order chi connectivity index (χ0) is 13.8. The fourth-order valence-corrected chi connectivity index (χ4v) is 2.99. The molecule has 0 atom stereocenters. The molecule has 0 saturated carbocycles. The molecule has 0 aromatic rings. The van der Waals surface area contributed by atoms with Crippen LogP contribution in [0.1, 0.15) is 52.4 Å². The number of hydrogen-bond acceptors (Lipinski definition) is 0. The van der Waals surface area contributed by atoms with Gasteiger partial charge in [0.1, 0.15) is 7.85 Å². The largest absolute Gasteiger partial charge is 0.113 e. The normalized spacial score (nSPS) is 20.3. The summed E-state index contributed by atoms with van der Waals surface area (Å²) < 4.78 is 0. The van der Waals surface area contributed by atoms with Crippen LogP contribution in [0.4, 0.5) is 0 Å². The van der Waals surface area contributed by atoms with Crippen molar-refractivity contribution in [1.82, 2.24) is 0 Å². The maximum atomic E-state index is 6.16. The van der Waals surface area contributed by atoms with Crippen molar-refractivity contribution in [1.29, 1.82) is 0 Å². The summed E-state index contributed by atoms with van der Waals surface area (Å²) in [6, 6.07) is 0. The quantitative estimate of drug-likeness (QED) is 0.600. The summed E-state index contributed by atoms with van der Waals surface area (Å²) >= 11 is 5.98. The van der Waals surface area contributed by atoms with Gasteiger partial charge in [-0.05, 0) is 50.5 Å². The van der Waals surface area contributed by atoms with E-state index in [0.717, 1.165) is 42.6 Å². The first-order valence-electron chi connectivity index (χ1n) is 7.28. The van der Waals surface area contributed by atoms with E-state index in [0.29, 0.717) is 5.92 Å². The minimum atomic E-state index is 0.575. The van der Waals surface area contributed by atoms with E-state index in [4.69, 9.17) is 19.4 Å². The molecule has 0 spiro atoms. The second-order valence-electron chi connectivity index (χ2n) is 5.88. The van der Waals surface area contributed by atoms with Gasteiger partial charge >= 0.3 is 0 Å². The molecule has 2 rings (SSSR count). The van der Waals surface area contributed by atoms with Crippen LogP contribution >= 0.6 is 11.6 Å². The molecule has 2 radical (unpaired) electrons. The lowest BCUT2D eigenvalue weighted by atomic mass is 9.77. The third kappa shape index (κ3) is 4.14. The summed E-state index contributed by atoms with van der Waals surface area (Å²) in [5, 5.41) is 0.981. The fraction of sp³-hybridized carbons (Fsp3) is 0.529. The maximum Gasteiger partial charge on any atom is 0.113 e. The van der Waals surface area contributed by atoms with E-state index in [2.05, 4.69) is 26.0 Å². The van der Waals surface area contributed by atoms with E-state index in [1.54, 1.807) is 0 Å². The predicted octanol–water partition coefficient (Wildman–Crippen LogP) is 5.41. The van der Waals surface area contributed by atoms with Gasteiger partial charge in [-0.25, -0.2) is 0 Å². The Balaban J connectivity index is 1.93. The Morgan fingerprint density at radius 3 is 2.32 bits per heavy atom. The summed E-state index contributed by atoms with van der Waals surface area (Å²) in [6.45, 7) is 4.45. The minimum Gasteiger partial charge on any atom is -0.0972 e. The number of allylic oxidation sites excluding steroid dienone is 8. The number of hydrogen-bond donors (Lipinski definition) is 0. The lowest BCUT2D eigenvalue weighted by Gasteiger charge is -2.22. The molecule has 2 heteroatoms. The van der Waals surface area contributed by atoms with E-state index in [1.807, 2.05) is 6.08 Å². The number of rotatable bonds is 4. The van der Waals surface area contributed by atoms with Crippen LogP contribution in [0.15, 0.2) is 45.5 Å². The molecule has 0 unspecified atom stereocenters. The second kappa shape index (κ2) is 6.66. The van der Waals surface area contributed by atoms with Gasteiger partial charge in [0.15, 0.2) is 0 Å². The van der Waals surface area contributed by atoms with Crippen LogP contribution in [-0.4, -0.2) is 7.85 Å². The minimum absolute atomic E-state index is 0.575. The molecule has 0 nitrogen and oxygen atoms in total. The first-order chi connectivity index (χ1) is 9.06. The number of halogens is 1. The Morgan fingerprint density at radius 2 is 1.74 bits per heavy atom. The summed E-state index contributed by atoms with van der Waals surface area (Å²) in [6.07, 6.45) is 13.2. The monoisotopic (exact) mass is 272 g/mol. The highest BCUT2D eigenvalue weighted by molar-refractivity contribution is 6.29. The third-order valence-electron chi connectivity index (χ3n) is 4.09. The smallest absolute Gasteiger partial charge is 0.0972 e. The Morgan fingerprint density at radius 1 is 1.05 bits per heavy atom. The van der Waals surface area contributed by atoms with Gasteiger partial charge in [0.2, 0.25) is 0 Å². The second-order valence-corrected chi connectivity index (χ2v) is 6.36. The van der Waals surface area contributed by atoms with Crippen LogP contribution in [0.5, 0.6) is 0 Å². The molecule has 2 aliphatic carbocycles. The Labute approximate surface area is 123 Å². The van der Waals surface area contributed by atoms with Crippen molar-refractivity contribution in [2.75, 3.05) is 0 Å². The average molecular weight is 273 g/mol. The Bertz CT molecular complexity index is 464. The maximum absolute atomic E-state index is 6.16. The molecule has 0 fully saturated rings. The molecule has 2 aliphatic rings. The summed E-state index contributed by atoms with van der Waals surface area (Å²) in [7, 11) is 6.16. The lowest BCUT2D eigenvalue weighted by Crippen LogP contribution is -2.05. The van der Waals surface area contributed by atoms with Crippen molar-refractivity contribution in [2.24, 2.45) is 5.92 Å². The summed E-state index contributed by atoms with van der Waals surface area (Å²) in [5.74, 6) is 0.575. The summed E-state index contributed by atoms with van der Waals surface area (Å²) in [4.78, 5) is 0. The van der Waals surface area contributed by atoms with Crippen LogP contribution in [0, 0.1) is 5.92 Å². The predicted molar refractivity (Wildman–Crippen MR) is 85.4 cm³/mol. The molecule has 0 N–H and O–H groups in total. The first-order valence-corrected chi connectivity index (χ1v) is 7.66. The van der Waals surface area contributed by atoms with Gasteiger partial charge < -0.3 is 0 Å². The van der Waals surface area contributed by atoms with Crippen molar-refractivity contribution in [3.63, 3.8) is 0 Å². The summed E-state index contributed by atoms with van der Waals surface area (Å²) in [5.41, 5.74) is 5.46. The molecule has 0 aromatic heterocycles. The van der Waals surface area contributed by atoms with E-state index < -0.39 is 0 Å². The molecule has 0 saturated heterocycles. The molecular formula is C17H22BCl.